The first-order valence-electron chi connectivity index (χ1n) is 7.98. The van der Waals surface area contributed by atoms with Crippen molar-refractivity contribution in [2.45, 2.75) is 33.6 Å². The Morgan fingerprint density at radius 3 is 2.30 bits per heavy atom. The maximum atomic E-state index is 12.6. The largest absolute Gasteiger partial charge is 0.341 e. The van der Waals surface area contributed by atoms with Crippen molar-refractivity contribution >= 4 is 15.9 Å². The highest BCUT2D eigenvalue weighted by atomic mass is 32.2. The molecule has 23 heavy (non-hydrogen) atoms. The lowest BCUT2D eigenvalue weighted by Crippen LogP contribution is -2.37. The van der Waals surface area contributed by atoms with Crippen LogP contribution in [0.5, 0.6) is 0 Å². The van der Waals surface area contributed by atoms with E-state index in [0.29, 0.717) is 39.0 Å². The van der Waals surface area contributed by atoms with Crippen molar-refractivity contribution in [1.82, 2.24) is 9.21 Å². The molecule has 0 saturated carbocycles. The van der Waals surface area contributed by atoms with Crippen LogP contribution in [-0.4, -0.2) is 56.0 Å². The van der Waals surface area contributed by atoms with Crippen molar-refractivity contribution in [3.63, 3.8) is 0 Å². The molecule has 0 bridgehead atoms. The molecule has 0 aromatic heterocycles. The quantitative estimate of drug-likeness (QED) is 0.842. The van der Waals surface area contributed by atoms with Gasteiger partial charge < -0.3 is 4.90 Å². The summed E-state index contributed by atoms with van der Waals surface area (Å²) in [5.41, 5.74) is 4.62. The van der Waals surface area contributed by atoms with Gasteiger partial charge in [-0.3, -0.25) is 4.79 Å². The van der Waals surface area contributed by atoms with Crippen LogP contribution < -0.4 is 0 Å². The first kappa shape index (κ1) is 17.9. The van der Waals surface area contributed by atoms with Gasteiger partial charge in [0.2, 0.25) is 15.9 Å². The molecule has 1 saturated heterocycles. The number of sulfonamides is 1. The Morgan fingerprint density at radius 1 is 1.00 bits per heavy atom. The second kappa shape index (κ2) is 7.01. The van der Waals surface area contributed by atoms with Crippen LogP contribution in [-0.2, 0) is 21.2 Å². The molecular formula is C17H26N2O3S. The van der Waals surface area contributed by atoms with Crippen molar-refractivity contribution in [2.75, 3.05) is 32.4 Å². The first-order valence-corrected chi connectivity index (χ1v) is 9.83. The lowest BCUT2D eigenvalue weighted by Gasteiger charge is -2.22. The maximum Gasteiger partial charge on any atom is 0.227 e. The second-order valence-corrected chi connectivity index (χ2v) is 8.42. The second-order valence-electron chi connectivity index (χ2n) is 6.44. The molecule has 0 unspecified atom stereocenters. The number of hydrogen-bond donors (Lipinski definition) is 0. The van der Waals surface area contributed by atoms with Gasteiger partial charge in [-0.2, -0.15) is 0 Å². The third kappa shape index (κ3) is 4.54. The fourth-order valence-corrected chi connectivity index (χ4v) is 3.83. The van der Waals surface area contributed by atoms with E-state index in [9.17, 15) is 13.2 Å². The summed E-state index contributed by atoms with van der Waals surface area (Å²) in [7, 11) is -3.18. The zero-order valence-electron chi connectivity index (χ0n) is 14.4. The highest BCUT2D eigenvalue weighted by Gasteiger charge is 2.24. The highest BCUT2D eigenvalue weighted by Crippen LogP contribution is 2.17. The zero-order chi connectivity index (χ0) is 17.2. The average molecular weight is 338 g/mol. The Morgan fingerprint density at radius 2 is 1.65 bits per heavy atom. The summed E-state index contributed by atoms with van der Waals surface area (Å²) in [6.45, 7) is 8.12. The summed E-state index contributed by atoms with van der Waals surface area (Å²) in [5, 5.41) is 0. The van der Waals surface area contributed by atoms with Gasteiger partial charge in [0.15, 0.2) is 0 Å². The fraction of sp³-hybridized carbons (Fsp3) is 0.588. The molecule has 128 valence electrons. The molecule has 6 heteroatoms. The summed E-state index contributed by atoms with van der Waals surface area (Å²) >= 11 is 0. The van der Waals surface area contributed by atoms with Gasteiger partial charge in [-0.25, -0.2) is 12.7 Å². The molecule has 2 rings (SSSR count). The van der Waals surface area contributed by atoms with Crippen LogP contribution >= 0.6 is 0 Å². The molecule has 1 amide bonds. The molecule has 1 aliphatic rings. The molecule has 1 aromatic rings. The van der Waals surface area contributed by atoms with Gasteiger partial charge in [0, 0.05) is 26.2 Å². The third-order valence-corrected chi connectivity index (χ3v) is 5.87. The van der Waals surface area contributed by atoms with Crippen LogP contribution in [0.2, 0.25) is 0 Å². The number of hydrogen-bond acceptors (Lipinski definition) is 3. The number of benzene rings is 1. The Hall–Kier alpha value is -1.40. The van der Waals surface area contributed by atoms with Gasteiger partial charge in [-0.05, 0) is 49.4 Å². The fourth-order valence-electron chi connectivity index (χ4n) is 2.96. The van der Waals surface area contributed by atoms with Crippen molar-refractivity contribution < 1.29 is 13.2 Å². The summed E-state index contributed by atoms with van der Waals surface area (Å²) in [5.74, 6) is 0.0757. The summed E-state index contributed by atoms with van der Waals surface area (Å²) in [4.78, 5) is 14.4. The third-order valence-electron chi connectivity index (χ3n) is 4.57. The number of rotatable bonds is 3. The zero-order valence-corrected chi connectivity index (χ0v) is 15.2. The number of carbonyl (C=O) groups is 1. The van der Waals surface area contributed by atoms with E-state index >= 15 is 0 Å². The minimum atomic E-state index is -3.18. The molecule has 1 aliphatic heterocycles. The maximum absolute atomic E-state index is 12.6. The van der Waals surface area contributed by atoms with Crippen LogP contribution in [0.3, 0.4) is 0 Å². The predicted octanol–water partition coefficient (Wildman–Crippen LogP) is 1.65. The number of carbonyl (C=O) groups excluding carboxylic acids is 1. The van der Waals surface area contributed by atoms with E-state index in [1.54, 1.807) is 4.90 Å². The highest BCUT2D eigenvalue weighted by molar-refractivity contribution is 7.88. The van der Waals surface area contributed by atoms with Gasteiger partial charge in [0.1, 0.15) is 0 Å². The Bertz CT molecular complexity index is 698. The van der Waals surface area contributed by atoms with Crippen molar-refractivity contribution in [3.8, 4) is 0 Å². The van der Waals surface area contributed by atoms with Crippen LogP contribution in [0.4, 0.5) is 0 Å². The van der Waals surface area contributed by atoms with Crippen LogP contribution in [0.25, 0.3) is 0 Å². The van der Waals surface area contributed by atoms with Crippen molar-refractivity contribution in [1.29, 1.82) is 0 Å². The molecule has 0 aliphatic carbocycles. The molecule has 0 N–H and O–H groups in total. The van der Waals surface area contributed by atoms with E-state index in [4.69, 9.17) is 0 Å². The smallest absolute Gasteiger partial charge is 0.227 e. The van der Waals surface area contributed by atoms with Crippen LogP contribution in [0.1, 0.15) is 28.7 Å². The van der Waals surface area contributed by atoms with Gasteiger partial charge >= 0.3 is 0 Å². The Kier molecular flexibility index (Phi) is 5.47. The molecular weight excluding hydrogens is 312 g/mol. The van der Waals surface area contributed by atoms with Gasteiger partial charge in [0.25, 0.3) is 0 Å². The molecule has 1 aromatic carbocycles. The minimum absolute atomic E-state index is 0.0757. The van der Waals surface area contributed by atoms with E-state index < -0.39 is 10.0 Å². The van der Waals surface area contributed by atoms with E-state index in [1.165, 1.54) is 21.7 Å². The van der Waals surface area contributed by atoms with E-state index in [1.807, 2.05) is 6.92 Å². The SMILES string of the molecule is Cc1cc(C)c(CC(=O)N2CCCN(S(C)(=O)=O)CC2)cc1C. The molecule has 1 heterocycles. The molecule has 1 fully saturated rings. The molecule has 0 atom stereocenters. The van der Waals surface area contributed by atoms with Crippen molar-refractivity contribution in [3.05, 3.63) is 34.4 Å². The van der Waals surface area contributed by atoms with E-state index in [2.05, 4.69) is 26.0 Å². The summed E-state index contributed by atoms with van der Waals surface area (Å²) < 4.78 is 24.7. The Balaban J connectivity index is 2.05. The number of nitrogens with zero attached hydrogens (tertiary/aromatic N) is 2. The number of amides is 1. The monoisotopic (exact) mass is 338 g/mol. The molecule has 5 nitrogen and oxygen atoms in total. The Labute approximate surface area is 139 Å². The topological polar surface area (TPSA) is 57.7 Å². The summed E-state index contributed by atoms with van der Waals surface area (Å²) in [6.07, 6.45) is 2.29. The minimum Gasteiger partial charge on any atom is -0.341 e. The van der Waals surface area contributed by atoms with Gasteiger partial charge in [-0.15, -0.1) is 0 Å². The normalized spacial score (nSPS) is 17.1. The van der Waals surface area contributed by atoms with Crippen LogP contribution in [0.15, 0.2) is 12.1 Å². The van der Waals surface area contributed by atoms with Gasteiger partial charge in [0.05, 0.1) is 12.7 Å². The number of aryl methyl sites for hydroxylation is 3. The molecule has 0 spiro atoms. The lowest BCUT2D eigenvalue weighted by molar-refractivity contribution is -0.130. The van der Waals surface area contributed by atoms with Crippen molar-refractivity contribution in [2.24, 2.45) is 0 Å². The van der Waals surface area contributed by atoms with Crippen LogP contribution in [0, 0.1) is 20.8 Å². The predicted molar refractivity (Wildman–Crippen MR) is 92.0 cm³/mol. The van der Waals surface area contributed by atoms with E-state index in [-0.39, 0.29) is 5.91 Å². The molecule has 0 radical (unpaired) electrons. The lowest BCUT2D eigenvalue weighted by atomic mass is 9.98. The average Bonchev–Trinajstić information content (AvgIpc) is 2.70. The standard InChI is InChI=1S/C17H26N2O3S/c1-13-10-15(3)16(11-14(13)2)12-17(20)18-6-5-7-19(9-8-18)23(4,21)22/h10-11H,5-9,12H2,1-4H3. The van der Waals surface area contributed by atoms with E-state index in [0.717, 1.165) is 11.1 Å². The summed E-state index contributed by atoms with van der Waals surface area (Å²) in [6, 6.07) is 4.20. The first-order chi connectivity index (χ1) is 10.7. The van der Waals surface area contributed by atoms with Gasteiger partial charge in [-0.1, -0.05) is 12.1 Å².